The summed E-state index contributed by atoms with van der Waals surface area (Å²) < 4.78 is 0. The number of hydrogen-bond acceptors (Lipinski definition) is 1. The maximum absolute atomic E-state index is 11.3. The molecule has 2 unspecified atom stereocenters. The lowest BCUT2D eigenvalue weighted by molar-refractivity contribution is -0.127. The van der Waals surface area contributed by atoms with Crippen LogP contribution in [0, 0.1) is 11.3 Å². The van der Waals surface area contributed by atoms with Gasteiger partial charge in [0.2, 0.25) is 5.91 Å². The fourth-order valence-corrected chi connectivity index (χ4v) is 2.42. The van der Waals surface area contributed by atoms with Gasteiger partial charge in [0.15, 0.2) is 0 Å². The third-order valence-corrected chi connectivity index (χ3v) is 3.78. The molecule has 0 saturated heterocycles. The maximum Gasteiger partial charge on any atom is 0.223 e. The Bertz CT molecular complexity index is 308. The summed E-state index contributed by atoms with van der Waals surface area (Å²) in [6.45, 7) is 10.6. The molecule has 1 rings (SSSR count). The molecule has 0 N–H and O–H groups in total. The minimum Gasteiger partial charge on any atom is -0.319 e. The molecule has 2 atom stereocenters. The van der Waals surface area contributed by atoms with Crippen LogP contribution in [0.4, 0.5) is 0 Å². The van der Waals surface area contributed by atoms with Crippen LogP contribution in [0.15, 0.2) is 24.9 Å². The summed E-state index contributed by atoms with van der Waals surface area (Å²) >= 11 is 0. The Balaban J connectivity index is 2.33. The van der Waals surface area contributed by atoms with Gasteiger partial charge in [0.05, 0.1) is 0 Å². The molecular weight excluding hydrogens is 210 g/mol. The minimum absolute atomic E-state index is 0.0951. The quantitative estimate of drug-likeness (QED) is 0.615. The van der Waals surface area contributed by atoms with Gasteiger partial charge < -0.3 is 4.90 Å². The second kappa shape index (κ2) is 6.04. The topological polar surface area (TPSA) is 20.3 Å². The van der Waals surface area contributed by atoms with Crippen molar-refractivity contribution in [3.8, 4) is 0 Å². The van der Waals surface area contributed by atoms with E-state index in [1.807, 2.05) is 0 Å². The molecule has 0 radical (unpaired) electrons. The first-order chi connectivity index (χ1) is 8.03. The van der Waals surface area contributed by atoms with Crippen molar-refractivity contribution in [1.82, 2.24) is 4.90 Å². The molecule has 0 heterocycles. The Labute approximate surface area is 105 Å². The summed E-state index contributed by atoms with van der Waals surface area (Å²) in [5.41, 5.74) is 0.319. The highest BCUT2D eigenvalue weighted by atomic mass is 16.2. The maximum atomic E-state index is 11.3. The van der Waals surface area contributed by atoms with Crippen molar-refractivity contribution in [1.29, 1.82) is 0 Å². The smallest absolute Gasteiger partial charge is 0.223 e. The van der Waals surface area contributed by atoms with Crippen LogP contribution in [0.3, 0.4) is 0 Å². The molecule has 0 aromatic rings. The summed E-state index contributed by atoms with van der Waals surface area (Å²) in [5, 5.41) is 0. The molecule has 0 aliphatic heterocycles. The van der Waals surface area contributed by atoms with Crippen LogP contribution in [0.25, 0.3) is 0 Å². The molecule has 1 amide bonds. The van der Waals surface area contributed by atoms with Gasteiger partial charge in [0, 0.05) is 13.5 Å². The van der Waals surface area contributed by atoms with E-state index in [4.69, 9.17) is 0 Å². The number of nitrogens with zero attached hydrogens (tertiary/aromatic N) is 1. The minimum atomic E-state index is 0.0951. The zero-order valence-corrected chi connectivity index (χ0v) is 11.4. The first kappa shape index (κ1) is 14.0. The normalized spacial score (nSPS) is 27.1. The lowest BCUT2D eigenvalue weighted by Gasteiger charge is -2.21. The molecule has 0 bridgehead atoms. The van der Waals surface area contributed by atoms with Crippen molar-refractivity contribution in [2.45, 2.75) is 46.5 Å². The fraction of sp³-hybridized carbons (Fsp3) is 0.667. The van der Waals surface area contributed by atoms with Gasteiger partial charge in [0.25, 0.3) is 0 Å². The predicted molar refractivity (Wildman–Crippen MR) is 72.5 cm³/mol. The second-order valence-corrected chi connectivity index (χ2v) is 5.34. The van der Waals surface area contributed by atoms with Gasteiger partial charge in [-0.05, 0) is 43.2 Å². The van der Waals surface area contributed by atoms with Gasteiger partial charge in [-0.1, -0.05) is 32.6 Å². The van der Waals surface area contributed by atoms with Gasteiger partial charge >= 0.3 is 0 Å². The van der Waals surface area contributed by atoms with Crippen LogP contribution in [0.5, 0.6) is 0 Å². The fourth-order valence-electron chi connectivity index (χ4n) is 2.42. The van der Waals surface area contributed by atoms with Crippen molar-refractivity contribution in [3.63, 3.8) is 0 Å². The average Bonchev–Trinajstić information content (AvgIpc) is 2.92. The predicted octanol–water partition coefficient (Wildman–Crippen LogP) is 3.75. The molecule has 0 aromatic carbocycles. The van der Waals surface area contributed by atoms with Crippen LogP contribution >= 0.6 is 0 Å². The Hall–Kier alpha value is -1.05. The zero-order valence-electron chi connectivity index (χ0n) is 11.4. The van der Waals surface area contributed by atoms with Crippen LogP contribution in [0.2, 0.25) is 0 Å². The highest BCUT2D eigenvalue weighted by Gasteiger charge is 2.49. The standard InChI is InChI=1S/C15H25NO/c1-5-7-8-9-10-14-11-15(14,4)12-16(6-2)13(3)17/h6-8,14H,2,5,9-12H2,1,3-4H3/b8-7-. The van der Waals surface area contributed by atoms with Crippen molar-refractivity contribution >= 4 is 5.91 Å². The van der Waals surface area contributed by atoms with Crippen molar-refractivity contribution in [3.05, 3.63) is 24.9 Å². The van der Waals surface area contributed by atoms with Gasteiger partial charge in [-0.15, -0.1) is 0 Å². The zero-order chi connectivity index (χ0) is 12.9. The lowest BCUT2D eigenvalue weighted by atomic mass is 10.0. The molecule has 2 nitrogen and oxygen atoms in total. The van der Waals surface area contributed by atoms with Crippen LogP contribution in [0.1, 0.15) is 46.5 Å². The Morgan fingerprint density at radius 2 is 2.24 bits per heavy atom. The van der Waals surface area contributed by atoms with Gasteiger partial charge in [-0.25, -0.2) is 0 Å². The molecule has 1 aliphatic rings. The summed E-state index contributed by atoms with van der Waals surface area (Å²) in [7, 11) is 0. The molecule has 1 fully saturated rings. The molecule has 1 saturated carbocycles. The highest BCUT2D eigenvalue weighted by molar-refractivity contribution is 5.74. The summed E-state index contributed by atoms with van der Waals surface area (Å²) in [6.07, 6.45) is 10.9. The van der Waals surface area contributed by atoms with E-state index in [2.05, 4.69) is 32.6 Å². The van der Waals surface area contributed by atoms with E-state index >= 15 is 0 Å². The number of amides is 1. The van der Waals surface area contributed by atoms with E-state index in [1.165, 1.54) is 19.3 Å². The van der Waals surface area contributed by atoms with Crippen LogP contribution in [-0.4, -0.2) is 17.4 Å². The Morgan fingerprint density at radius 1 is 1.53 bits per heavy atom. The van der Waals surface area contributed by atoms with Gasteiger partial charge in [-0.2, -0.15) is 0 Å². The summed E-state index contributed by atoms with van der Waals surface area (Å²) in [4.78, 5) is 13.1. The van der Waals surface area contributed by atoms with Crippen LogP contribution in [-0.2, 0) is 4.79 Å². The van der Waals surface area contributed by atoms with Crippen LogP contribution < -0.4 is 0 Å². The SMILES string of the molecule is C=CN(CC1(C)CC1CC/C=C\CC)C(C)=O. The van der Waals surface area contributed by atoms with E-state index in [1.54, 1.807) is 18.0 Å². The first-order valence-corrected chi connectivity index (χ1v) is 6.58. The van der Waals surface area contributed by atoms with E-state index in [-0.39, 0.29) is 5.91 Å². The lowest BCUT2D eigenvalue weighted by Crippen LogP contribution is -2.29. The average molecular weight is 235 g/mol. The molecule has 1 aliphatic carbocycles. The number of rotatable bonds is 7. The van der Waals surface area contributed by atoms with Gasteiger partial charge in [0.1, 0.15) is 0 Å². The summed E-state index contributed by atoms with van der Waals surface area (Å²) in [5.74, 6) is 0.864. The van der Waals surface area contributed by atoms with E-state index in [0.29, 0.717) is 5.41 Å². The number of carbonyl (C=O) groups excluding carboxylic acids is 1. The highest BCUT2D eigenvalue weighted by Crippen LogP contribution is 2.55. The monoisotopic (exact) mass is 235 g/mol. The van der Waals surface area contributed by atoms with Crippen molar-refractivity contribution < 1.29 is 4.79 Å². The van der Waals surface area contributed by atoms with Crippen molar-refractivity contribution in [2.75, 3.05) is 6.54 Å². The number of allylic oxidation sites excluding steroid dienone is 2. The molecule has 96 valence electrons. The molecule has 0 aromatic heterocycles. The Morgan fingerprint density at radius 3 is 2.76 bits per heavy atom. The third kappa shape index (κ3) is 4.03. The first-order valence-electron chi connectivity index (χ1n) is 6.58. The van der Waals surface area contributed by atoms with E-state index < -0.39 is 0 Å². The van der Waals surface area contributed by atoms with E-state index in [0.717, 1.165) is 18.9 Å². The van der Waals surface area contributed by atoms with Crippen molar-refractivity contribution in [2.24, 2.45) is 11.3 Å². The molecule has 2 heteroatoms. The van der Waals surface area contributed by atoms with E-state index in [9.17, 15) is 4.79 Å². The second-order valence-electron chi connectivity index (χ2n) is 5.34. The summed E-state index contributed by atoms with van der Waals surface area (Å²) in [6, 6.07) is 0. The Kier molecular flexibility index (Phi) is 4.98. The molecular formula is C15H25NO. The third-order valence-electron chi connectivity index (χ3n) is 3.78. The largest absolute Gasteiger partial charge is 0.319 e. The number of carbonyl (C=O) groups is 1. The molecule has 17 heavy (non-hydrogen) atoms. The van der Waals surface area contributed by atoms with Gasteiger partial charge in [-0.3, -0.25) is 4.79 Å². The number of hydrogen-bond donors (Lipinski definition) is 0. The molecule has 0 spiro atoms.